The molecule has 0 saturated heterocycles. The largest absolute Gasteiger partial charge is 0.641 e. The molecule has 0 atom stereocenters. The quantitative estimate of drug-likeness (QED) is 0.771. The molecule has 1 aromatic heterocycles. The number of halogens is 3. The molecule has 0 aliphatic heterocycles. The molecule has 0 N–H and O–H groups in total. The molecule has 15 heavy (non-hydrogen) atoms. The number of aromatic nitrogens is 1. The average molecular weight is 269 g/mol. The molecule has 3 nitrogen and oxygen atoms in total. The van der Waals surface area contributed by atoms with Gasteiger partial charge in [-0.25, -0.2) is 0 Å². The maximum absolute atomic E-state index is 11.7. The summed E-state index contributed by atoms with van der Waals surface area (Å²) in [6.07, 6.45) is -3.47. The van der Waals surface area contributed by atoms with Gasteiger partial charge in [0, 0.05) is 31.4 Å². The zero-order valence-corrected chi connectivity index (χ0v) is 10.6. The number of hydrogen-bond donors (Lipinski definition) is 0. The Morgan fingerprint density at radius 3 is 2.53 bits per heavy atom. The summed E-state index contributed by atoms with van der Waals surface area (Å²) in [5, 5.41) is 2.84. The van der Waals surface area contributed by atoms with Crippen LogP contribution in [-0.2, 0) is 30.8 Å². The minimum atomic E-state index is -4.89. The van der Waals surface area contributed by atoms with E-state index in [1.54, 1.807) is 12.1 Å². The van der Waals surface area contributed by atoms with Crippen molar-refractivity contribution in [1.82, 2.24) is 4.98 Å². The van der Waals surface area contributed by atoms with E-state index in [1.165, 1.54) is 12.3 Å². The maximum atomic E-state index is 11.7. The van der Waals surface area contributed by atoms with Crippen molar-refractivity contribution in [2.45, 2.75) is 12.7 Å². The van der Waals surface area contributed by atoms with Gasteiger partial charge in [0.25, 0.3) is 0 Å². The van der Waals surface area contributed by atoms with Gasteiger partial charge in [0.05, 0.1) is 0 Å². The van der Waals surface area contributed by atoms with Gasteiger partial charge < -0.3 is 10.1 Å². The van der Waals surface area contributed by atoms with Crippen LogP contribution in [0.4, 0.5) is 13.2 Å². The second-order valence-corrected chi connectivity index (χ2v) is 2.44. The predicted octanol–water partition coefficient (Wildman–Crippen LogP) is 2.04. The molecule has 0 radical (unpaired) electrons. The molecule has 0 aromatic carbocycles. The number of amides is 1. The Kier molecular flexibility index (Phi) is 5.43. The van der Waals surface area contributed by atoms with Gasteiger partial charge in [-0.15, -0.1) is 0 Å². The van der Waals surface area contributed by atoms with Crippen LogP contribution in [-0.4, -0.2) is 17.1 Å². The fourth-order valence-electron chi connectivity index (χ4n) is 0.734. The molecule has 0 aliphatic rings. The molecular formula is C8H6F3N2OZn-. The monoisotopic (exact) mass is 267 g/mol. The topological polar surface area (TPSA) is 44.1 Å². The van der Waals surface area contributed by atoms with Crippen LogP contribution in [0.15, 0.2) is 24.4 Å². The van der Waals surface area contributed by atoms with E-state index in [4.69, 9.17) is 0 Å². The molecule has 0 fully saturated rings. The number of alkyl halides is 3. The third-order valence-corrected chi connectivity index (χ3v) is 1.35. The van der Waals surface area contributed by atoms with Crippen LogP contribution in [0, 0.1) is 0 Å². The molecule has 0 bridgehead atoms. The van der Waals surface area contributed by atoms with Crippen molar-refractivity contribution in [3.63, 3.8) is 0 Å². The fourth-order valence-corrected chi connectivity index (χ4v) is 0.734. The van der Waals surface area contributed by atoms with Crippen LogP contribution < -0.4 is 0 Å². The van der Waals surface area contributed by atoms with Gasteiger partial charge in [0.15, 0.2) is 5.91 Å². The van der Waals surface area contributed by atoms with Crippen LogP contribution in [0.2, 0.25) is 0 Å². The van der Waals surface area contributed by atoms with Crippen molar-refractivity contribution in [1.29, 1.82) is 0 Å². The van der Waals surface area contributed by atoms with E-state index in [2.05, 4.69) is 10.3 Å². The van der Waals surface area contributed by atoms with Crippen LogP contribution >= 0.6 is 0 Å². The molecule has 1 amide bonds. The molecule has 7 heteroatoms. The van der Waals surface area contributed by atoms with Gasteiger partial charge in [-0.3, -0.25) is 4.98 Å². The number of rotatable bonds is 2. The Morgan fingerprint density at radius 1 is 1.40 bits per heavy atom. The molecule has 1 heterocycles. The molecule has 0 aliphatic carbocycles. The van der Waals surface area contributed by atoms with E-state index in [0.717, 1.165) is 0 Å². The number of carbonyl (C=O) groups is 1. The van der Waals surface area contributed by atoms with Gasteiger partial charge >= 0.3 is 6.18 Å². The Bertz CT molecular complexity index is 315. The van der Waals surface area contributed by atoms with Crippen LogP contribution in [0.25, 0.3) is 5.32 Å². The molecule has 0 saturated carbocycles. The SMILES string of the molecule is O=C([N-]Cc1ccccn1)C(F)(F)F.[Zn]. The first kappa shape index (κ1) is 14.0. The van der Waals surface area contributed by atoms with E-state index in [1.807, 2.05) is 0 Å². The summed E-state index contributed by atoms with van der Waals surface area (Å²) in [6.45, 7) is -0.348. The maximum Gasteiger partial charge on any atom is 0.432 e. The molecule has 0 spiro atoms. The molecule has 78 valence electrons. The summed E-state index contributed by atoms with van der Waals surface area (Å²) in [7, 11) is 0. The van der Waals surface area contributed by atoms with Crippen LogP contribution in [0.1, 0.15) is 5.69 Å². The van der Waals surface area contributed by atoms with Crippen LogP contribution in [0.5, 0.6) is 0 Å². The second kappa shape index (κ2) is 5.80. The normalized spacial score (nSPS) is 10.3. The standard InChI is InChI=1S/C8H7F3N2O.Zn/c9-8(10,11)7(14)13-5-6-3-1-2-4-12-6;/h1-4H,5H2,(H,13,14);/p-1. The summed E-state index contributed by atoms with van der Waals surface area (Å²) in [4.78, 5) is 14.0. The molecular weight excluding hydrogens is 262 g/mol. The summed E-state index contributed by atoms with van der Waals surface area (Å²) >= 11 is 0. The fraction of sp³-hybridized carbons (Fsp3) is 0.250. The Hall–Kier alpha value is -0.967. The van der Waals surface area contributed by atoms with Gasteiger partial charge in [0.2, 0.25) is 0 Å². The van der Waals surface area contributed by atoms with E-state index >= 15 is 0 Å². The van der Waals surface area contributed by atoms with Crippen molar-refractivity contribution in [3.05, 3.63) is 35.4 Å². The minimum absolute atomic E-state index is 0. The smallest absolute Gasteiger partial charge is 0.432 e. The van der Waals surface area contributed by atoms with Crippen molar-refractivity contribution < 1.29 is 37.4 Å². The molecule has 1 aromatic rings. The third kappa shape index (κ3) is 4.88. The van der Waals surface area contributed by atoms with E-state index in [9.17, 15) is 18.0 Å². The Morgan fingerprint density at radius 2 is 2.07 bits per heavy atom. The van der Waals surface area contributed by atoms with Crippen LogP contribution in [0.3, 0.4) is 0 Å². The van der Waals surface area contributed by atoms with Gasteiger partial charge in [0.1, 0.15) is 0 Å². The van der Waals surface area contributed by atoms with Crippen molar-refractivity contribution in [2.24, 2.45) is 0 Å². The van der Waals surface area contributed by atoms with Crippen molar-refractivity contribution in [3.8, 4) is 0 Å². The summed E-state index contributed by atoms with van der Waals surface area (Å²) in [5.74, 6) is -2.08. The van der Waals surface area contributed by atoms with E-state index < -0.39 is 12.1 Å². The van der Waals surface area contributed by atoms with E-state index in [0.29, 0.717) is 5.69 Å². The van der Waals surface area contributed by atoms with Crippen molar-refractivity contribution >= 4 is 5.91 Å². The first-order chi connectivity index (χ1) is 6.50. The number of hydrogen-bond acceptors (Lipinski definition) is 2. The molecule has 1 rings (SSSR count). The number of nitrogens with zero attached hydrogens (tertiary/aromatic N) is 2. The van der Waals surface area contributed by atoms with Crippen molar-refractivity contribution in [2.75, 3.05) is 0 Å². The summed E-state index contributed by atoms with van der Waals surface area (Å²) in [6, 6.07) is 4.72. The molecule has 0 unspecified atom stereocenters. The Balaban J connectivity index is 0.00000196. The van der Waals surface area contributed by atoms with Gasteiger partial charge in [-0.2, -0.15) is 13.2 Å². The zero-order chi connectivity index (χ0) is 10.6. The van der Waals surface area contributed by atoms with Gasteiger partial charge in [-0.1, -0.05) is 12.6 Å². The van der Waals surface area contributed by atoms with E-state index in [-0.39, 0.29) is 26.0 Å². The number of pyridine rings is 1. The summed E-state index contributed by atoms with van der Waals surface area (Å²) < 4.78 is 35.1. The summed E-state index contributed by atoms with van der Waals surface area (Å²) in [5.41, 5.74) is 0.324. The average Bonchev–Trinajstić information content (AvgIpc) is 2.14. The first-order valence-electron chi connectivity index (χ1n) is 3.68. The number of carbonyl (C=O) groups excluding carboxylic acids is 1. The minimum Gasteiger partial charge on any atom is -0.641 e. The second-order valence-electron chi connectivity index (χ2n) is 2.44. The first-order valence-corrected chi connectivity index (χ1v) is 3.68. The zero-order valence-electron chi connectivity index (χ0n) is 7.66. The third-order valence-electron chi connectivity index (χ3n) is 1.35. The predicted molar refractivity (Wildman–Crippen MR) is 42.4 cm³/mol. The van der Waals surface area contributed by atoms with Gasteiger partial charge in [-0.05, 0) is 12.1 Å². The Labute approximate surface area is 96.8 Å².